The molecule has 0 aliphatic rings. The van der Waals surface area contributed by atoms with Crippen molar-refractivity contribution in [2.45, 2.75) is 19.4 Å². The molecular weight excluding hydrogens is 232 g/mol. The Morgan fingerprint density at radius 2 is 1.76 bits per heavy atom. The summed E-state index contributed by atoms with van der Waals surface area (Å²) in [6.45, 7) is 0.929. The Morgan fingerprint density at radius 3 is 2.12 bits per heavy atom. The van der Waals surface area contributed by atoms with Gasteiger partial charge in [-0.2, -0.15) is 0 Å². The molecule has 0 aromatic rings. The highest BCUT2D eigenvalue weighted by molar-refractivity contribution is 5.89. The SMILES string of the molecule is CC(=O)N(C)CC(=O)N[C@@H](CC(=O)O)C(=O)O. The van der Waals surface area contributed by atoms with Crippen molar-refractivity contribution in [2.75, 3.05) is 13.6 Å². The summed E-state index contributed by atoms with van der Waals surface area (Å²) in [5, 5.41) is 19.1. The highest BCUT2D eigenvalue weighted by Crippen LogP contribution is 1.93. The van der Waals surface area contributed by atoms with E-state index in [0.29, 0.717) is 0 Å². The highest BCUT2D eigenvalue weighted by Gasteiger charge is 2.23. The molecule has 17 heavy (non-hydrogen) atoms. The van der Waals surface area contributed by atoms with Crippen LogP contribution in [0.2, 0.25) is 0 Å². The molecule has 0 heterocycles. The minimum atomic E-state index is -1.50. The van der Waals surface area contributed by atoms with E-state index in [2.05, 4.69) is 0 Å². The van der Waals surface area contributed by atoms with Crippen molar-refractivity contribution in [3.63, 3.8) is 0 Å². The average molecular weight is 246 g/mol. The maximum absolute atomic E-state index is 11.3. The molecule has 0 unspecified atom stereocenters. The second kappa shape index (κ2) is 6.46. The molecule has 0 spiro atoms. The van der Waals surface area contributed by atoms with Gasteiger partial charge in [0.1, 0.15) is 6.04 Å². The third-order valence-electron chi connectivity index (χ3n) is 1.93. The Labute approximate surface area is 97.2 Å². The predicted octanol–water partition coefficient (Wildman–Crippen LogP) is -1.49. The quantitative estimate of drug-likeness (QED) is 0.524. The fourth-order valence-corrected chi connectivity index (χ4v) is 0.941. The molecule has 0 rings (SSSR count). The normalized spacial score (nSPS) is 11.4. The molecule has 0 saturated heterocycles. The summed E-state index contributed by atoms with van der Waals surface area (Å²) in [5.74, 6) is -3.86. The van der Waals surface area contributed by atoms with Crippen molar-refractivity contribution in [3.8, 4) is 0 Å². The van der Waals surface area contributed by atoms with E-state index in [4.69, 9.17) is 10.2 Å². The lowest BCUT2D eigenvalue weighted by molar-refractivity contribution is -0.147. The Balaban J connectivity index is 4.36. The highest BCUT2D eigenvalue weighted by atomic mass is 16.4. The largest absolute Gasteiger partial charge is 0.481 e. The summed E-state index contributed by atoms with van der Waals surface area (Å²) in [5.41, 5.74) is 0. The monoisotopic (exact) mass is 246 g/mol. The van der Waals surface area contributed by atoms with Crippen molar-refractivity contribution < 1.29 is 29.4 Å². The van der Waals surface area contributed by atoms with Gasteiger partial charge in [-0.1, -0.05) is 0 Å². The molecule has 0 bridgehead atoms. The Bertz CT molecular complexity index is 340. The van der Waals surface area contributed by atoms with E-state index in [1.165, 1.54) is 14.0 Å². The van der Waals surface area contributed by atoms with Gasteiger partial charge < -0.3 is 20.4 Å². The maximum Gasteiger partial charge on any atom is 0.326 e. The molecule has 2 amide bonds. The fourth-order valence-electron chi connectivity index (χ4n) is 0.941. The van der Waals surface area contributed by atoms with Gasteiger partial charge in [0, 0.05) is 14.0 Å². The number of carbonyl (C=O) groups is 4. The zero-order valence-corrected chi connectivity index (χ0v) is 9.47. The number of carbonyl (C=O) groups excluding carboxylic acids is 2. The summed E-state index contributed by atoms with van der Waals surface area (Å²) >= 11 is 0. The van der Waals surface area contributed by atoms with Gasteiger partial charge in [-0.15, -0.1) is 0 Å². The van der Waals surface area contributed by atoms with Gasteiger partial charge >= 0.3 is 11.9 Å². The second-order valence-electron chi connectivity index (χ2n) is 3.43. The minimum absolute atomic E-state index is 0.321. The van der Waals surface area contributed by atoms with E-state index >= 15 is 0 Å². The van der Waals surface area contributed by atoms with E-state index < -0.39 is 30.3 Å². The van der Waals surface area contributed by atoms with Crippen molar-refractivity contribution in [1.29, 1.82) is 0 Å². The first-order valence-electron chi connectivity index (χ1n) is 4.69. The van der Waals surface area contributed by atoms with Crippen molar-refractivity contribution in [1.82, 2.24) is 10.2 Å². The van der Waals surface area contributed by atoms with E-state index in [1.807, 2.05) is 5.32 Å². The van der Waals surface area contributed by atoms with Crippen LogP contribution in [0.15, 0.2) is 0 Å². The fraction of sp³-hybridized carbons (Fsp3) is 0.556. The van der Waals surface area contributed by atoms with Crippen LogP contribution in [0.25, 0.3) is 0 Å². The van der Waals surface area contributed by atoms with Gasteiger partial charge in [0.15, 0.2) is 0 Å². The van der Waals surface area contributed by atoms with Crippen LogP contribution in [0.3, 0.4) is 0 Å². The molecule has 0 aliphatic carbocycles. The molecule has 0 radical (unpaired) electrons. The summed E-state index contributed by atoms with van der Waals surface area (Å²) in [4.78, 5) is 44.2. The van der Waals surface area contributed by atoms with Crippen molar-refractivity contribution in [2.24, 2.45) is 0 Å². The summed E-state index contributed by atoms with van der Waals surface area (Å²) in [6.07, 6.45) is -0.717. The predicted molar refractivity (Wildman–Crippen MR) is 55.1 cm³/mol. The number of carboxylic acid groups (broad SMARTS) is 2. The summed E-state index contributed by atoms with van der Waals surface area (Å²) < 4.78 is 0. The number of likely N-dealkylation sites (N-methyl/N-ethyl adjacent to an activating group) is 1. The average Bonchev–Trinajstić information content (AvgIpc) is 2.15. The van der Waals surface area contributed by atoms with Crippen LogP contribution in [0.1, 0.15) is 13.3 Å². The lowest BCUT2D eigenvalue weighted by Gasteiger charge is -2.17. The van der Waals surface area contributed by atoms with Crippen LogP contribution in [-0.2, 0) is 19.2 Å². The lowest BCUT2D eigenvalue weighted by atomic mass is 10.2. The number of carboxylic acids is 2. The van der Waals surface area contributed by atoms with Crippen LogP contribution in [-0.4, -0.2) is 58.5 Å². The standard InChI is InChI=1S/C9H14N2O6/c1-5(12)11(2)4-7(13)10-6(9(16)17)3-8(14)15/h6H,3-4H2,1-2H3,(H,10,13)(H,14,15)(H,16,17)/t6-/m0/s1. The summed E-state index contributed by atoms with van der Waals surface area (Å²) in [7, 11) is 1.37. The first-order chi connectivity index (χ1) is 7.73. The van der Waals surface area contributed by atoms with Crippen LogP contribution in [0, 0.1) is 0 Å². The molecule has 1 atom stereocenters. The van der Waals surface area contributed by atoms with Gasteiger partial charge in [0.05, 0.1) is 13.0 Å². The Hall–Kier alpha value is -2.12. The molecule has 8 nitrogen and oxygen atoms in total. The van der Waals surface area contributed by atoms with Gasteiger partial charge in [-0.3, -0.25) is 14.4 Å². The number of hydrogen-bond donors (Lipinski definition) is 3. The second-order valence-corrected chi connectivity index (χ2v) is 3.43. The van der Waals surface area contributed by atoms with Crippen LogP contribution < -0.4 is 5.32 Å². The molecule has 0 aromatic heterocycles. The van der Waals surface area contributed by atoms with Crippen LogP contribution >= 0.6 is 0 Å². The first kappa shape index (κ1) is 14.9. The molecule has 8 heteroatoms. The number of rotatable bonds is 6. The Morgan fingerprint density at radius 1 is 1.24 bits per heavy atom. The number of hydrogen-bond acceptors (Lipinski definition) is 4. The first-order valence-corrected chi connectivity index (χ1v) is 4.69. The molecule has 3 N–H and O–H groups in total. The Kier molecular flexibility index (Phi) is 5.65. The van der Waals surface area contributed by atoms with Gasteiger partial charge in [-0.05, 0) is 0 Å². The molecule has 0 fully saturated rings. The minimum Gasteiger partial charge on any atom is -0.481 e. The smallest absolute Gasteiger partial charge is 0.326 e. The van der Waals surface area contributed by atoms with Gasteiger partial charge in [-0.25, -0.2) is 4.79 Å². The topological polar surface area (TPSA) is 124 Å². The van der Waals surface area contributed by atoms with Crippen LogP contribution in [0.5, 0.6) is 0 Å². The number of nitrogens with zero attached hydrogens (tertiary/aromatic N) is 1. The third kappa shape index (κ3) is 6.13. The lowest BCUT2D eigenvalue weighted by Crippen LogP contribution is -2.46. The summed E-state index contributed by atoms with van der Waals surface area (Å²) in [6, 6.07) is -1.50. The van der Waals surface area contributed by atoms with Crippen molar-refractivity contribution in [3.05, 3.63) is 0 Å². The van der Waals surface area contributed by atoms with Crippen molar-refractivity contribution >= 4 is 23.8 Å². The molecule has 0 aliphatic heterocycles. The molecule has 0 saturated carbocycles. The van der Waals surface area contributed by atoms with E-state index in [0.717, 1.165) is 4.90 Å². The van der Waals surface area contributed by atoms with Gasteiger partial charge in [0.25, 0.3) is 0 Å². The zero-order chi connectivity index (χ0) is 13.6. The molecular formula is C9H14N2O6. The molecule has 96 valence electrons. The zero-order valence-electron chi connectivity index (χ0n) is 9.47. The molecule has 0 aromatic carbocycles. The number of amides is 2. The van der Waals surface area contributed by atoms with E-state index in [9.17, 15) is 19.2 Å². The van der Waals surface area contributed by atoms with E-state index in [-0.39, 0.29) is 12.5 Å². The third-order valence-corrected chi connectivity index (χ3v) is 1.93. The number of nitrogens with one attached hydrogen (secondary N) is 1. The number of aliphatic carboxylic acids is 2. The maximum atomic E-state index is 11.3. The van der Waals surface area contributed by atoms with E-state index in [1.54, 1.807) is 0 Å². The van der Waals surface area contributed by atoms with Crippen LogP contribution in [0.4, 0.5) is 0 Å². The van der Waals surface area contributed by atoms with Gasteiger partial charge in [0.2, 0.25) is 11.8 Å².